The summed E-state index contributed by atoms with van der Waals surface area (Å²) in [6, 6.07) is 0. The fourth-order valence-corrected chi connectivity index (χ4v) is 1.51. The average Bonchev–Trinajstić information content (AvgIpc) is 2.21. The summed E-state index contributed by atoms with van der Waals surface area (Å²) in [6.07, 6.45) is 10.3. The van der Waals surface area contributed by atoms with Crippen molar-refractivity contribution < 1.29 is 0 Å². The number of hydrogen-bond acceptors (Lipinski definition) is 1. The Morgan fingerprint density at radius 2 is 1.43 bits per heavy atom. The second kappa shape index (κ2) is 10.7. The third-order valence-electron chi connectivity index (χ3n) is 2.45. The molecular formula is C13H27N. The zero-order valence-electron chi connectivity index (χ0n) is 10.3. The van der Waals surface area contributed by atoms with Gasteiger partial charge >= 0.3 is 0 Å². The lowest BCUT2D eigenvalue weighted by Gasteiger charge is -2.05. The van der Waals surface area contributed by atoms with Crippen molar-refractivity contribution in [2.75, 3.05) is 6.54 Å². The summed E-state index contributed by atoms with van der Waals surface area (Å²) >= 11 is 0. The number of hydrogen-bond donors (Lipinski definition) is 0. The van der Waals surface area contributed by atoms with Crippen LogP contribution in [0.25, 0.3) is 0 Å². The quantitative estimate of drug-likeness (QED) is 0.378. The van der Waals surface area contributed by atoms with Crippen molar-refractivity contribution in [1.82, 2.24) is 0 Å². The second-order valence-corrected chi connectivity index (χ2v) is 4.01. The van der Waals surface area contributed by atoms with E-state index in [-0.39, 0.29) is 0 Å². The van der Waals surface area contributed by atoms with Crippen molar-refractivity contribution in [3.05, 3.63) is 0 Å². The summed E-state index contributed by atoms with van der Waals surface area (Å²) in [5, 5.41) is 0. The van der Waals surface area contributed by atoms with Crippen LogP contribution < -0.4 is 0 Å². The molecule has 0 atom stereocenters. The zero-order chi connectivity index (χ0) is 10.6. The van der Waals surface area contributed by atoms with E-state index < -0.39 is 0 Å². The van der Waals surface area contributed by atoms with Crippen molar-refractivity contribution in [2.45, 2.75) is 72.1 Å². The first kappa shape index (κ1) is 13.7. The predicted octanol–water partition coefficient (Wildman–Crippen LogP) is 4.61. The molecule has 0 aromatic rings. The summed E-state index contributed by atoms with van der Waals surface area (Å²) in [5.41, 5.74) is 1.47. The number of aliphatic imine (C=N–C) groups is 1. The van der Waals surface area contributed by atoms with Crippen LogP contribution in [0.4, 0.5) is 0 Å². The van der Waals surface area contributed by atoms with Crippen molar-refractivity contribution in [1.29, 1.82) is 0 Å². The fourth-order valence-electron chi connectivity index (χ4n) is 1.51. The lowest BCUT2D eigenvalue weighted by Crippen LogP contribution is -2.00. The highest BCUT2D eigenvalue weighted by Crippen LogP contribution is 2.07. The van der Waals surface area contributed by atoms with E-state index in [1.807, 2.05) is 0 Å². The van der Waals surface area contributed by atoms with Crippen LogP contribution in [0.2, 0.25) is 0 Å². The van der Waals surface area contributed by atoms with Gasteiger partial charge in [0.1, 0.15) is 0 Å². The lowest BCUT2D eigenvalue weighted by molar-refractivity contribution is 0.724. The van der Waals surface area contributed by atoms with Crippen LogP contribution in [0.15, 0.2) is 4.99 Å². The second-order valence-electron chi connectivity index (χ2n) is 4.01. The van der Waals surface area contributed by atoms with Crippen LogP contribution >= 0.6 is 0 Å². The summed E-state index contributed by atoms with van der Waals surface area (Å²) in [7, 11) is 0. The molecular weight excluding hydrogens is 170 g/mol. The number of unbranched alkanes of at least 4 members (excludes halogenated alkanes) is 3. The first-order valence-electron chi connectivity index (χ1n) is 6.37. The van der Waals surface area contributed by atoms with Gasteiger partial charge in [-0.1, -0.05) is 40.0 Å². The van der Waals surface area contributed by atoms with Crippen molar-refractivity contribution in [3.8, 4) is 0 Å². The van der Waals surface area contributed by atoms with Gasteiger partial charge in [-0.2, -0.15) is 0 Å². The molecule has 0 aromatic heterocycles. The average molecular weight is 197 g/mol. The summed E-state index contributed by atoms with van der Waals surface area (Å²) < 4.78 is 0. The minimum atomic E-state index is 1.03. The van der Waals surface area contributed by atoms with Gasteiger partial charge < -0.3 is 0 Å². The van der Waals surface area contributed by atoms with Gasteiger partial charge in [0.25, 0.3) is 0 Å². The summed E-state index contributed by atoms with van der Waals surface area (Å²) in [6.45, 7) is 7.75. The molecule has 0 amide bonds. The minimum absolute atomic E-state index is 1.03. The van der Waals surface area contributed by atoms with Gasteiger partial charge in [-0.3, -0.25) is 4.99 Å². The molecule has 0 saturated heterocycles. The lowest BCUT2D eigenvalue weighted by atomic mass is 10.1. The van der Waals surface area contributed by atoms with Crippen molar-refractivity contribution >= 4 is 5.71 Å². The van der Waals surface area contributed by atoms with E-state index in [9.17, 15) is 0 Å². The summed E-state index contributed by atoms with van der Waals surface area (Å²) in [4.78, 5) is 4.67. The Balaban J connectivity index is 3.72. The topological polar surface area (TPSA) is 12.4 Å². The molecule has 0 radical (unpaired) electrons. The molecule has 0 spiro atoms. The van der Waals surface area contributed by atoms with Crippen LogP contribution in [0.5, 0.6) is 0 Å². The van der Waals surface area contributed by atoms with Crippen molar-refractivity contribution in [2.24, 2.45) is 4.99 Å². The molecule has 0 fully saturated rings. The molecule has 0 aliphatic rings. The molecule has 84 valence electrons. The molecule has 0 unspecified atom stereocenters. The van der Waals surface area contributed by atoms with Gasteiger partial charge in [0.2, 0.25) is 0 Å². The van der Waals surface area contributed by atoms with E-state index in [1.165, 1.54) is 57.1 Å². The van der Waals surface area contributed by atoms with E-state index in [0.717, 1.165) is 6.54 Å². The Morgan fingerprint density at radius 3 is 2.00 bits per heavy atom. The molecule has 14 heavy (non-hydrogen) atoms. The van der Waals surface area contributed by atoms with Gasteiger partial charge in [-0.05, 0) is 32.1 Å². The first-order chi connectivity index (χ1) is 6.85. The van der Waals surface area contributed by atoms with Crippen LogP contribution in [0, 0.1) is 0 Å². The zero-order valence-corrected chi connectivity index (χ0v) is 10.3. The third-order valence-corrected chi connectivity index (χ3v) is 2.45. The normalized spacial score (nSPS) is 12.1. The standard InChI is InChI=1S/C13H27N/c1-4-7-9-11-13(10-8-5-2)14-12-6-3/h4-12H2,1-3H3/b14-13-. The smallest absolute Gasteiger partial charge is 0.0386 e. The highest BCUT2D eigenvalue weighted by Gasteiger charge is 1.98. The molecule has 0 saturated carbocycles. The van der Waals surface area contributed by atoms with Crippen LogP contribution in [-0.2, 0) is 0 Å². The summed E-state index contributed by atoms with van der Waals surface area (Å²) in [5.74, 6) is 0. The van der Waals surface area contributed by atoms with E-state index in [2.05, 4.69) is 25.8 Å². The SMILES string of the molecule is CCCCC/C(CCCC)=N\CCC. The molecule has 0 aliphatic carbocycles. The van der Waals surface area contributed by atoms with Gasteiger partial charge in [0.05, 0.1) is 0 Å². The molecule has 0 bridgehead atoms. The highest BCUT2D eigenvalue weighted by molar-refractivity contribution is 5.84. The Kier molecular flexibility index (Phi) is 10.5. The van der Waals surface area contributed by atoms with E-state index in [0.29, 0.717) is 0 Å². The number of rotatable bonds is 9. The molecule has 0 N–H and O–H groups in total. The van der Waals surface area contributed by atoms with E-state index >= 15 is 0 Å². The van der Waals surface area contributed by atoms with E-state index in [4.69, 9.17) is 0 Å². The molecule has 1 heteroatoms. The largest absolute Gasteiger partial charge is 0.294 e. The Morgan fingerprint density at radius 1 is 0.786 bits per heavy atom. The Labute approximate surface area is 90.0 Å². The van der Waals surface area contributed by atoms with Crippen molar-refractivity contribution in [3.63, 3.8) is 0 Å². The van der Waals surface area contributed by atoms with Gasteiger partial charge in [0.15, 0.2) is 0 Å². The molecule has 0 aromatic carbocycles. The Hall–Kier alpha value is -0.330. The highest BCUT2D eigenvalue weighted by atomic mass is 14.7. The Bertz CT molecular complexity index is 138. The molecule has 0 aliphatic heterocycles. The van der Waals surface area contributed by atoms with Gasteiger partial charge in [0, 0.05) is 12.3 Å². The molecule has 1 nitrogen and oxygen atoms in total. The first-order valence-corrected chi connectivity index (χ1v) is 6.37. The monoisotopic (exact) mass is 197 g/mol. The van der Waals surface area contributed by atoms with Crippen LogP contribution in [0.3, 0.4) is 0 Å². The minimum Gasteiger partial charge on any atom is -0.294 e. The maximum Gasteiger partial charge on any atom is 0.0386 e. The molecule has 0 rings (SSSR count). The van der Waals surface area contributed by atoms with Crippen LogP contribution in [-0.4, -0.2) is 12.3 Å². The molecule has 0 heterocycles. The predicted molar refractivity (Wildman–Crippen MR) is 66.3 cm³/mol. The van der Waals surface area contributed by atoms with Crippen LogP contribution in [0.1, 0.15) is 72.1 Å². The fraction of sp³-hybridized carbons (Fsp3) is 0.923. The third kappa shape index (κ3) is 8.28. The van der Waals surface area contributed by atoms with E-state index in [1.54, 1.807) is 0 Å². The van der Waals surface area contributed by atoms with Gasteiger partial charge in [-0.25, -0.2) is 0 Å². The maximum absolute atomic E-state index is 4.67. The van der Waals surface area contributed by atoms with Gasteiger partial charge in [-0.15, -0.1) is 0 Å². The maximum atomic E-state index is 4.67. The number of nitrogens with zero attached hydrogens (tertiary/aromatic N) is 1.